The van der Waals surface area contributed by atoms with Gasteiger partial charge in [-0.1, -0.05) is 26.8 Å². The molecule has 3 aromatic rings. The van der Waals surface area contributed by atoms with Gasteiger partial charge in [0.05, 0.1) is 15.9 Å². The van der Waals surface area contributed by atoms with Crippen molar-refractivity contribution in [2.24, 2.45) is 0 Å². The summed E-state index contributed by atoms with van der Waals surface area (Å²) in [4.78, 5) is 17.5. The first-order chi connectivity index (χ1) is 15.7. The maximum absolute atomic E-state index is 12.9. The molecule has 1 aromatic heterocycles. The molecule has 0 unspecified atom stereocenters. The van der Waals surface area contributed by atoms with Crippen molar-refractivity contribution in [3.8, 4) is 0 Å². The topological polar surface area (TPSA) is 84.3 Å². The minimum Gasteiger partial charge on any atom is -0.328 e. The van der Waals surface area contributed by atoms with Crippen LogP contribution in [0.5, 0.6) is 0 Å². The molecule has 0 bridgehead atoms. The number of carbonyl (C=O) groups is 1. The molecule has 1 amide bonds. The number of rotatable bonds is 10. The fourth-order valence-electron chi connectivity index (χ4n) is 3.96. The molecule has 0 fully saturated rings. The summed E-state index contributed by atoms with van der Waals surface area (Å²) in [6.45, 7) is 11.4. The van der Waals surface area contributed by atoms with Gasteiger partial charge < -0.3 is 9.88 Å². The smallest absolute Gasteiger partial charge is 0.243 e. The molecule has 0 spiro atoms. The Morgan fingerprint density at radius 1 is 1.03 bits per heavy atom. The lowest BCUT2D eigenvalue weighted by atomic mass is 10.1. The Labute approximate surface area is 196 Å². The number of hydrogen-bond acceptors (Lipinski definition) is 4. The summed E-state index contributed by atoms with van der Waals surface area (Å²) in [7, 11) is -3.56. The Hall–Kier alpha value is -2.71. The molecule has 178 valence electrons. The average molecular weight is 471 g/mol. The van der Waals surface area contributed by atoms with Crippen molar-refractivity contribution in [2.75, 3.05) is 18.4 Å². The van der Waals surface area contributed by atoms with Gasteiger partial charge in [0.2, 0.25) is 15.9 Å². The molecule has 3 rings (SSSR count). The molecule has 33 heavy (non-hydrogen) atoms. The molecule has 0 aliphatic heterocycles. The molecule has 8 heteroatoms. The van der Waals surface area contributed by atoms with Crippen LogP contribution in [-0.2, 0) is 27.8 Å². The van der Waals surface area contributed by atoms with E-state index in [1.54, 1.807) is 12.1 Å². The van der Waals surface area contributed by atoms with Crippen molar-refractivity contribution in [3.63, 3.8) is 0 Å². The summed E-state index contributed by atoms with van der Waals surface area (Å²) in [6, 6.07) is 11.0. The van der Waals surface area contributed by atoms with Gasteiger partial charge in [-0.2, -0.15) is 4.31 Å². The van der Waals surface area contributed by atoms with Crippen LogP contribution in [0.4, 0.5) is 5.69 Å². The molecule has 1 N–H and O–H groups in total. The Kier molecular flexibility index (Phi) is 7.92. The summed E-state index contributed by atoms with van der Waals surface area (Å²) >= 11 is 0. The van der Waals surface area contributed by atoms with E-state index >= 15 is 0 Å². The van der Waals surface area contributed by atoms with Crippen LogP contribution < -0.4 is 5.32 Å². The largest absolute Gasteiger partial charge is 0.328 e. The number of anilines is 1. The molecular weight excluding hydrogens is 436 g/mol. The molecule has 2 aromatic carbocycles. The average Bonchev–Trinajstić information content (AvgIpc) is 3.12. The summed E-state index contributed by atoms with van der Waals surface area (Å²) in [6.07, 6.45) is 1.68. The maximum atomic E-state index is 12.9. The Balaban J connectivity index is 1.83. The third-order valence-corrected chi connectivity index (χ3v) is 8.00. The van der Waals surface area contributed by atoms with Crippen molar-refractivity contribution in [3.05, 3.63) is 53.3 Å². The Morgan fingerprint density at radius 3 is 2.39 bits per heavy atom. The lowest BCUT2D eigenvalue weighted by Gasteiger charge is -2.18. The van der Waals surface area contributed by atoms with E-state index in [0.717, 1.165) is 35.6 Å². The molecule has 0 aliphatic carbocycles. The number of aromatic nitrogens is 2. The van der Waals surface area contributed by atoms with E-state index in [0.29, 0.717) is 31.4 Å². The summed E-state index contributed by atoms with van der Waals surface area (Å²) in [5.41, 5.74) is 4.63. The predicted molar refractivity (Wildman–Crippen MR) is 133 cm³/mol. The van der Waals surface area contributed by atoms with Crippen LogP contribution in [0.25, 0.3) is 11.0 Å². The summed E-state index contributed by atoms with van der Waals surface area (Å²) < 4.78 is 29.4. The van der Waals surface area contributed by atoms with Crippen molar-refractivity contribution in [2.45, 2.75) is 65.3 Å². The SMILES string of the molecule is CCCn1c(CCC(=O)Nc2ccc(C)c(C)c2)nc2cc(S(=O)(=O)N(CC)CC)ccc21. The highest BCUT2D eigenvalue weighted by molar-refractivity contribution is 7.89. The maximum Gasteiger partial charge on any atom is 0.243 e. The van der Waals surface area contributed by atoms with Gasteiger partial charge in [-0.25, -0.2) is 13.4 Å². The van der Waals surface area contributed by atoms with E-state index < -0.39 is 10.0 Å². The second kappa shape index (κ2) is 10.5. The van der Waals surface area contributed by atoms with Gasteiger partial charge in [-0.15, -0.1) is 0 Å². The zero-order valence-electron chi connectivity index (χ0n) is 20.2. The van der Waals surface area contributed by atoms with Crippen molar-refractivity contribution in [1.82, 2.24) is 13.9 Å². The van der Waals surface area contributed by atoms with Crippen LogP contribution in [0.15, 0.2) is 41.3 Å². The quantitative estimate of drug-likeness (QED) is 0.467. The first-order valence-electron chi connectivity index (χ1n) is 11.6. The van der Waals surface area contributed by atoms with Gasteiger partial charge in [-0.3, -0.25) is 4.79 Å². The van der Waals surface area contributed by atoms with Gasteiger partial charge in [0.1, 0.15) is 5.82 Å². The molecule has 0 saturated heterocycles. The first-order valence-corrected chi connectivity index (χ1v) is 13.0. The fraction of sp³-hybridized carbons (Fsp3) is 0.440. The standard InChI is InChI=1S/C25H34N4O3S/c1-6-15-29-23-12-11-21(33(31,32)28(7-2)8-3)17-22(23)27-24(29)13-14-25(30)26-20-10-9-18(4)19(5)16-20/h9-12,16-17H,6-8,13-15H2,1-5H3,(H,26,30). The number of benzene rings is 2. The monoisotopic (exact) mass is 470 g/mol. The lowest BCUT2D eigenvalue weighted by molar-refractivity contribution is -0.116. The van der Waals surface area contributed by atoms with E-state index in [1.165, 1.54) is 9.87 Å². The molecule has 0 aliphatic rings. The summed E-state index contributed by atoms with van der Waals surface area (Å²) in [5.74, 6) is 0.720. The van der Waals surface area contributed by atoms with Crippen LogP contribution in [0.3, 0.4) is 0 Å². The second-order valence-electron chi connectivity index (χ2n) is 8.27. The minimum atomic E-state index is -3.56. The highest BCUT2D eigenvalue weighted by Crippen LogP contribution is 2.24. The van der Waals surface area contributed by atoms with E-state index in [4.69, 9.17) is 4.98 Å². The zero-order valence-corrected chi connectivity index (χ0v) is 21.0. The van der Waals surface area contributed by atoms with Gasteiger partial charge in [0.15, 0.2) is 0 Å². The molecular formula is C25H34N4O3S. The molecule has 1 heterocycles. The molecule has 0 saturated carbocycles. The number of hydrogen-bond donors (Lipinski definition) is 1. The second-order valence-corrected chi connectivity index (χ2v) is 10.2. The lowest BCUT2D eigenvalue weighted by Crippen LogP contribution is -2.30. The number of imidazole rings is 1. The summed E-state index contributed by atoms with van der Waals surface area (Å²) in [5, 5.41) is 2.96. The zero-order chi connectivity index (χ0) is 24.2. The van der Waals surface area contributed by atoms with Crippen LogP contribution >= 0.6 is 0 Å². The molecule has 7 nitrogen and oxygen atoms in total. The number of nitrogens with one attached hydrogen (secondary N) is 1. The van der Waals surface area contributed by atoms with Gasteiger partial charge >= 0.3 is 0 Å². The molecule has 0 atom stereocenters. The Bertz CT molecular complexity index is 1240. The highest BCUT2D eigenvalue weighted by Gasteiger charge is 2.23. The number of carbonyl (C=O) groups excluding carboxylic acids is 1. The van der Waals surface area contributed by atoms with Crippen molar-refractivity contribution < 1.29 is 13.2 Å². The van der Waals surface area contributed by atoms with Crippen LogP contribution in [-0.4, -0.2) is 41.3 Å². The van der Waals surface area contributed by atoms with E-state index in [2.05, 4.69) is 16.8 Å². The van der Waals surface area contributed by atoms with E-state index in [1.807, 2.05) is 52.0 Å². The van der Waals surface area contributed by atoms with Crippen molar-refractivity contribution >= 4 is 32.7 Å². The van der Waals surface area contributed by atoms with Crippen LogP contribution in [0.2, 0.25) is 0 Å². The highest BCUT2D eigenvalue weighted by atomic mass is 32.2. The number of aryl methyl sites for hydroxylation is 4. The normalized spacial score (nSPS) is 11.9. The van der Waals surface area contributed by atoms with Crippen LogP contribution in [0.1, 0.15) is 50.6 Å². The van der Waals surface area contributed by atoms with Gasteiger partial charge in [-0.05, 0) is 61.7 Å². The third kappa shape index (κ3) is 5.45. The number of nitrogens with zero attached hydrogens (tertiary/aromatic N) is 3. The number of fused-ring (bicyclic) bond motifs is 1. The minimum absolute atomic E-state index is 0.0712. The van der Waals surface area contributed by atoms with E-state index in [9.17, 15) is 13.2 Å². The van der Waals surface area contributed by atoms with E-state index in [-0.39, 0.29) is 10.8 Å². The van der Waals surface area contributed by atoms with Crippen LogP contribution in [0, 0.1) is 13.8 Å². The molecule has 0 radical (unpaired) electrons. The van der Waals surface area contributed by atoms with Gasteiger partial charge in [0.25, 0.3) is 0 Å². The Morgan fingerprint density at radius 2 is 1.76 bits per heavy atom. The first kappa shape index (κ1) is 24.9. The third-order valence-electron chi connectivity index (χ3n) is 5.96. The number of amides is 1. The van der Waals surface area contributed by atoms with Gasteiger partial charge in [0, 0.05) is 38.2 Å². The van der Waals surface area contributed by atoms with Crippen molar-refractivity contribution in [1.29, 1.82) is 0 Å². The predicted octanol–water partition coefficient (Wildman–Crippen LogP) is 4.66. The fourth-order valence-corrected chi connectivity index (χ4v) is 5.44. The number of sulfonamides is 1.